The lowest BCUT2D eigenvalue weighted by Crippen LogP contribution is -2.53. The molecule has 1 atom stereocenters. The molecular weight excluding hydrogens is 619 g/mol. The van der Waals surface area contributed by atoms with Gasteiger partial charge in [-0.05, 0) is 79.3 Å². The molecule has 0 aliphatic heterocycles. The second-order valence-electron chi connectivity index (χ2n) is 10.6. The zero-order valence-electron chi connectivity index (χ0n) is 26.5. The highest BCUT2D eigenvalue weighted by Gasteiger charge is 2.34. The van der Waals surface area contributed by atoms with Crippen LogP contribution >= 0.6 is 11.8 Å². The monoisotopic (exact) mass is 659 g/mol. The smallest absolute Gasteiger partial charge is 0.264 e. The number of rotatable bonds is 16. The molecule has 4 rings (SSSR count). The van der Waals surface area contributed by atoms with Gasteiger partial charge in [-0.1, -0.05) is 67.6 Å². The van der Waals surface area contributed by atoms with Crippen LogP contribution in [-0.4, -0.2) is 57.1 Å². The van der Waals surface area contributed by atoms with E-state index in [2.05, 4.69) is 5.32 Å². The fraction of sp³-hybridized carbons (Fsp3) is 0.278. The van der Waals surface area contributed by atoms with Crippen molar-refractivity contribution >= 4 is 39.3 Å². The third-order valence-electron chi connectivity index (χ3n) is 7.38. The van der Waals surface area contributed by atoms with Crippen molar-refractivity contribution in [1.82, 2.24) is 10.2 Å². The van der Waals surface area contributed by atoms with E-state index in [9.17, 15) is 18.0 Å². The second kappa shape index (κ2) is 16.9. The number of anilines is 1. The largest absolute Gasteiger partial charge is 0.494 e. The normalized spacial score (nSPS) is 11.8. The van der Waals surface area contributed by atoms with Crippen LogP contribution in [0.4, 0.5) is 5.69 Å². The average molecular weight is 660 g/mol. The third kappa shape index (κ3) is 9.14. The predicted molar refractivity (Wildman–Crippen MR) is 185 cm³/mol. The zero-order valence-corrected chi connectivity index (χ0v) is 28.1. The quantitative estimate of drug-likeness (QED) is 0.145. The minimum absolute atomic E-state index is 0.0584. The van der Waals surface area contributed by atoms with Gasteiger partial charge in [0.2, 0.25) is 11.8 Å². The van der Waals surface area contributed by atoms with Gasteiger partial charge >= 0.3 is 0 Å². The molecule has 0 aromatic heterocycles. The summed E-state index contributed by atoms with van der Waals surface area (Å²) >= 11 is 1.51. The van der Waals surface area contributed by atoms with E-state index in [0.717, 1.165) is 26.7 Å². The summed E-state index contributed by atoms with van der Waals surface area (Å²) in [6.45, 7) is 4.35. The zero-order chi connectivity index (χ0) is 32.9. The fourth-order valence-corrected chi connectivity index (χ4v) is 6.80. The number of hydrogen-bond donors (Lipinski definition) is 1. The lowest BCUT2D eigenvalue weighted by Gasteiger charge is -2.34. The van der Waals surface area contributed by atoms with Crippen molar-refractivity contribution in [3.8, 4) is 5.75 Å². The van der Waals surface area contributed by atoms with Crippen LogP contribution in [0.3, 0.4) is 0 Å². The number of nitrogens with one attached hydrogen (secondary N) is 1. The van der Waals surface area contributed by atoms with E-state index in [4.69, 9.17) is 4.74 Å². The number of benzene rings is 4. The van der Waals surface area contributed by atoms with Crippen molar-refractivity contribution in [2.75, 3.05) is 30.3 Å². The number of carbonyl (C=O) groups is 2. The molecular formula is C36H41N3O5S2. The van der Waals surface area contributed by atoms with Crippen LogP contribution in [0.15, 0.2) is 119 Å². The van der Waals surface area contributed by atoms with Gasteiger partial charge in [-0.15, -0.1) is 11.8 Å². The van der Waals surface area contributed by atoms with E-state index >= 15 is 0 Å². The Morgan fingerprint density at radius 3 is 2.00 bits per heavy atom. The van der Waals surface area contributed by atoms with Gasteiger partial charge in [-0.3, -0.25) is 13.9 Å². The molecule has 0 fully saturated rings. The number of carbonyl (C=O) groups excluding carboxylic acids is 2. The molecule has 8 nitrogen and oxygen atoms in total. The maximum atomic E-state index is 14.5. The molecule has 4 aromatic carbocycles. The van der Waals surface area contributed by atoms with Crippen LogP contribution in [-0.2, 0) is 32.6 Å². The van der Waals surface area contributed by atoms with Gasteiger partial charge in [0.15, 0.2) is 0 Å². The number of amides is 2. The highest BCUT2D eigenvalue weighted by atomic mass is 32.2. The lowest BCUT2D eigenvalue weighted by atomic mass is 10.0. The van der Waals surface area contributed by atoms with Crippen molar-refractivity contribution in [1.29, 1.82) is 0 Å². The highest BCUT2D eigenvalue weighted by molar-refractivity contribution is 7.98. The van der Waals surface area contributed by atoms with Gasteiger partial charge in [0, 0.05) is 24.4 Å². The first-order chi connectivity index (χ1) is 22.3. The molecule has 1 N–H and O–H groups in total. The summed E-state index contributed by atoms with van der Waals surface area (Å²) in [5.74, 6) is -0.215. The van der Waals surface area contributed by atoms with E-state index < -0.39 is 28.5 Å². The van der Waals surface area contributed by atoms with Crippen LogP contribution in [0, 0.1) is 0 Å². The number of nitrogens with zero attached hydrogens (tertiary/aromatic N) is 2. The van der Waals surface area contributed by atoms with Crippen molar-refractivity contribution in [2.24, 2.45) is 0 Å². The van der Waals surface area contributed by atoms with Crippen molar-refractivity contribution < 1.29 is 22.7 Å². The molecule has 2 amide bonds. The number of ether oxygens (including phenoxy) is 1. The van der Waals surface area contributed by atoms with E-state index in [1.807, 2.05) is 80.8 Å². The Balaban J connectivity index is 1.78. The van der Waals surface area contributed by atoms with Crippen LogP contribution in [0.5, 0.6) is 5.75 Å². The van der Waals surface area contributed by atoms with Gasteiger partial charge in [0.05, 0.1) is 17.2 Å². The topological polar surface area (TPSA) is 96.0 Å². The molecule has 0 spiro atoms. The van der Waals surface area contributed by atoms with E-state index in [1.54, 1.807) is 48.5 Å². The lowest BCUT2D eigenvalue weighted by molar-refractivity contribution is -0.140. The SMILES string of the molecule is CCCNC(=O)[C@@H](Cc1ccccc1)N(Cc1ccccc1)C(=O)CN(c1ccc(OCC)cc1)S(=O)(=O)c1ccc(SC)cc1. The summed E-state index contributed by atoms with van der Waals surface area (Å²) in [7, 11) is -4.19. The number of hydrogen-bond acceptors (Lipinski definition) is 6. The second-order valence-corrected chi connectivity index (χ2v) is 13.4. The summed E-state index contributed by atoms with van der Waals surface area (Å²) in [5.41, 5.74) is 2.01. The average Bonchev–Trinajstić information content (AvgIpc) is 3.09. The molecule has 0 heterocycles. The summed E-state index contributed by atoms with van der Waals surface area (Å²) < 4.78 is 35.2. The summed E-state index contributed by atoms with van der Waals surface area (Å²) in [4.78, 5) is 30.7. The maximum Gasteiger partial charge on any atom is 0.264 e. The van der Waals surface area contributed by atoms with E-state index in [0.29, 0.717) is 24.6 Å². The minimum Gasteiger partial charge on any atom is -0.494 e. The first-order valence-corrected chi connectivity index (χ1v) is 18.0. The molecule has 0 saturated heterocycles. The number of thioether (sulfide) groups is 1. The summed E-state index contributed by atoms with van der Waals surface area (Å²) in [5, 5.41) is 2.96. The third-order valence-corrected chi connectivity index (χ3v) is 9.91. The van der Waals surface area contributed by atoms with Crippen molar-refractivity contribution in [3.05, 3.63) is 120 Å². The molecule has 0 radical (unpaired) electrons. The highest BCUT2D eigenvalue weighted by Crippen LogP contribution is 2.28. The minimum atomic E-state index is -4.19. The van der Waals surface area contributed by atoms with Gasteiger partial charge in [-0.25, -0.2) is 8.42 Å². The van der Waals surface area contributed by atoms with Gasteiger partial charge in [0.25, 0.3) is 10.0 Å². The fourth-order valence-electron chi connectivity index (χ4n) is 4.98. The van der Waals surface area contributed by atoms with Crippen LogP contribution in [0.25, 0.3) is 0 Å². The summed E-state index contributed by atoms with van der Waals surface area (Å²) in [6, 6.07) is 31.2. The molecule has 0 bridgehead atoms. The Bertz CT molecular complexity index is 1650. The van der Waals surface area contributed by atoms with E-state index in [-0.39, 0.29) is 23.8 Å². The Morgan fingerprint density at radius 2 is 1.43 bits per heavy atom. The van der Waals surface area contributed by atoms with Gasteiger partial charge in [-0.2, -0.15) is 0 Å². The molecule has 242 valence electrons. The van der Waals surface area contributed by atoms with Gasteiger partial charge in [0.1, 0.15) is 18.3 Å². The van der Waals surface area contributed by atoms with Crippen LogP contribution in [0.2, 0.25) is 0 Å². The van der Waals surface area contributed by atoms with Gasteiger partial charge < -0.3 is 15.0 Å². The van der Waals surface area contributed by atoms with Crippen LogP contribution in [0.1, 0.15) is 31.4 Å². The Labute approximate surface area is 276 Å². The standard InChI is InChI=1S/C36H41N3O5S2/c1-4-24-37-36(41)34(25-28-12-8-6-9-13-28)38(26-29-14-10-7-11-15-29)35(40)27-39(30-16-18-31(19-17-30)44-5-2)46(42,43)33-22-20-32(45-3)21-23-33/h6-23,34H,4-5,24-27H2,1-3H3,(H,37,41)/t34-/m1/s1. The Kier molecular flexibility index (Phi) is 12.7. The first-order valence-electron chi connectivity index (χ1n) is 15.3. The molecule has 0 aliphatic rings. The van der Waals surface area contributed by atoms with Crippen molar-refractivity contribution in [2.45, 2.75) is 49.1 Å². The molecule has 0 aliphatic carbocycles. The predicted octanol–water partition coefficient (Wildman–Crippen LogP) is 6.17. The van der Waals surface area contributed by atoms with Crippen molar-refractivity contribution in [3.63, 3.8) is 0 Å². The molecule has 0 saturated carbocycles. The Hall–Kier alpha value is -4.28. The Morgan fingerprint density at radius 1 is 0.826 bits per heavy atom. The maximum absolute atomic E-state index is 14.5. The molecule has 10 heteroatoms. The molecule has 0 unspecified atom stereocenters. The number of sulfonamides is 1. The van der Waals surface area contributed by atoms with E-state index in [1.165, 1.54) is 16.7 Å². The van der Waals surface area contributed by atoms with Crippen LogP contribution < -0.4 is 14.4 Å². The summed E-state index contributed by atoms with van der Waals surface area (Å²) in [6.07, 6.45) is 2.91. The molecule has 4 aromatic rings. The molecule has 46 heavy (non-hydrogen) atoms. The first kappa shape index (κ1) is 34.6.